The molecule has 8 aromatic carbocycles. The summed E-state index contributed by atoms with van der Waals surface area (Å²) in [6, 6.07) is 65.0. The molecule has 56 heavy (non-hydrogen) atoms. The van der Waals surface area contributed by atoms with Gasteiger partial charge in [0, 0.05) is 43.6 Å². The summed E-state index contributed by atoms with van der Waals surface area (Å²) in [5, 5.41) is 5.70. The SMILES string of the molecule is c1ccc(-c2nc(-n3c4ccccc4c4ccc5c(c43)Oc3ccccc3C53c4ccccc4-n4c5ccccc5c5cccc3c54)nc3ccccc23)cc1. The molecule has 2 aliphatic heterocycles. The van der Waals surface area contributed by atoms with E-state index in [2.05, 4.69) is 179 Å². The Bertz CT molecular complexity index is 3470. The van der Waals surface area contributed by atoms with Crippen molar-refractivity contribution in [1.29, 1.82) is 0 Å². The van der Waals surface area contributed by atoms with Crippen molar-refractivity contribution in [3.8, 4) is 34.4 Å². The lowest BCUT2D eigenvalue weighted by Crippen LogP contribution is -2.37. The van der Waals surface area contributed by atoms with Crippen LogP contribution in [0.5, 0.6) is 11.5 Å². The van der Waals surface area contributed by atoms with E-state index < -0.39 is 5.41 Å². The van der Waals surface area contributed by atoms with Crippen LogP contribution in [-0.4, -0.2) is 19.1 Å². The molecule has 13 rings (SSSR count). The van der Waals surface area contributed by atoms with E-state index in [1.807, 2.05) is 12.1 Å². The monoisotopic (exact) mass is 714 g/mol. The van der Waals surface area contributed by atoms with E-state index in [0.29, 0.717) is 5.95 Å². The smallest absolute Gasteiger partial charge is 0.235 e. The minimum absolute atomic E-state index is 0.602. The molecule has 0 radical (unpaired) electrons. The van der Waals surface area contributed by atoms with Crippen LogP contribution < -0.4 is 4.74 Å². The highest BCUT2D eigenvalue weighted by atomic mass is 16.5. The van der Waals surface area contributed by atoms with Crippen molar-refractivity contribution in [2.75, 3.05) is 0 Å². The number of rotatable bonds is 2. The van der Waals surface area contributed by atoms with E-state index in [0.717, 1.165) is 66.6 Å². The molecule has 1 unspecified atom stereocenters. The Morgan fingerprint density at radius 2 is 1.04 bits per heavy atom. The highest BCUT2D eigenvalue weighted by molar-refractivity contribution is 6.14. The van der Waals surface area contributed by atoms with Crippen molar-refractivity contribution in [3.63, 3.8) is 0 Å². The van der Waals surface area contributed by atoms with E-state index in [1.54, 1.807) is 0 Å². The normalized spacial score (nSPS) is 15.4. The maximum Gasteiger partial charge on any atom is 0.235 e. The Labute approximate surface area is 321 Å². The van der Waals surface area contributed by atoms with Gasteiger partial charge < -0.3 is 9.30 Å². The van der Waals surface area contributed by atoms with Gasteiger partial charge in [-0.25, -0.2) is 9.97 Å². The highest BCUT2D eigenvalue weighted by Crippen LogP contribution is 2.61. The van der Waals surface area contributed by atoms with E-state index in [-0.39, 0.29) is 0 Å². The lowest BCUT2D eigenvalue weighted by molar-refractivity contribution is 0.437. The van der Waals surface area contributed by atoms with Crippen molar-refractivity contribution in [2.45, 2.75) is 5.41 Å². The van der Waals surface area contributed by atoms with Crippen LogP contribution in [0.25, 0.3) is 77.4 Å². The zero-order valence-corrected chi connectivity index (χ0v) is 30.0. The number of hydrogen-bond acceptors (Lipinski definition) is 3. The fraction of sp³-hybridized carbons (Fsp3) is 0.0196. The van der Waals surface area contributed by atoms with Crippen molar-refractivity contribution >= 4 is 54.5 Å². The van der Waals surface area contributed by atoms with Gasteiger partial charge in [0.1, 0.15) is 11.3 Å². The van der Waals surface area contributed by atoms with Gasteiger partial charge in [-0.2, -0.15) is 0 Å². The van der Waals surface area contributed by atoms with E-state index >= 15 is 0 Å². The molecule has 3 aromatic heterocycles. The molecule has 0 aliphatic carbocycles. The topological polar surface area (TPSA) is 44.9 Å². The zero-order chi connectivity index (χ0) is 36.5. The van der Waals surface area contributed by atoms with Crippen LogP contribution in [0.2, 0.25) is 0 Å². The quantitative estimate of drug-likeness (QED) is 0.179. The van der Waals surface area contributed by atoms with Gasteiger partial charge in [-0.3, -0.25) is 4.57 Å². The van der Waals surface area contributed by atoms with Crippen molar-refractivity contribution in [2.24, 2.45) is 0 Å². The third kappa shape index (κ3) is 3.65. The number of hydrogen-bond donors (Lipinski definition) is 0. The predicted molar refractivity (Wildman–Crippen MR) is 226 cm³/mol. The molecule has 5 nitrogen and oxygen atoms in total. The van der Waals surface area contributed by atoms with Crippen LogP contribution in [0.3, 0.4) is 0 Å². The lowest BCUT2D eigenvalue weighted by Gasteiger charge is -2.45. The van der Waals surface area contributed by atoms with Gasteiger partial charge in [0.25, 0.3) is 0 Å². The summed E-state index contributed by atoms with van der Waals surface area (Å²) in [4.78, 5) is 10.7. The van der Waals surface area contributed by atoms with Crippen LogP contribution in [0.1, 0.15) is 22.3 Å². The lowest BCUT2D eigenvalue weighted by atomic mass is 9.61. The molecule has 0 bridgehead atoms. The molecule has 2 aliphatic rings. The van der Waals surface area contributed by atoms with Crippen LogP contribution in [0.15, 0.2) is 182 Å². The first-order chi connectivity index (χ1) is 27.8. The fourth-order valence-electron chi connectivity index (χ4n) is 10.0. The number of benzene rings is 8. The number of ether oxygens (including phenoxy) is 1. The van der Waals surface area contributed by atoms with Crippen molar-refractivity contribution in [3.05, 3.63) is 204 Å². The second kappa shape index (κ2) is 10.8. The third-order valence-corrected chi connectivity index (χ3v) is 12.2. The Hall–Kier alpha value is -7.50. The van der Waals surface area contributed by atoms with Gasteiger partial charge in [-0.1, -0.05) is 152 Å². The van der Waals surface area contributed by atoms with Crippen LogP contribution in [0, 0.1) is 0 Å². The van der Waals surface area contributed by atoms with Crippen LogP contribution in [-0.2, 0) is 5.41 Å². The summed E-state index contributed by atoms with van der Waals surface area (Å²) >= 11 is 0. The molecule has 11 aromatic rings. The average molecular weight is 715 g/mol. The maximum atomic E-state index is 7.29. The first-order valence-corrected chi connectivity index (χ1v) is 19.1. The number of nitrogens with zero attached hydrogens (tertiary/aromatic N) is 4. The summed E-state index contributed by atoms with van der Waals surface area (Å²) in [7, 11) is 0. The average Bonchev–Trinajstić information content (AvgIpc) is 3.79. The van der Waals surface area contributed by atoms with Gasteiger partial charge in [-0.15, -0.1) is 0 Å². The molecule has 0 saturated carbocycles. The molecular formula is C51H30N4O. The van der Waals surface area contributed by atoms with E-state index in [9.17, 15) is 0 Å². The van der Waals surface area contributed by atoms with Crippen molar-refractivity contribution < 1.29 is 4.74 Å². The van der Waals surface area contributed by atoms with E-state index in [4.69, 9.17) is 14.7 Å². The molecule has 0 N–H and O–H groups in total. The fourth-order valence-corrected chi connectivity index (χ4v) is 10.0. The Balaban J connectivity index is 1.22. The molecule has 260 valence electrons. The standard InChI is InChI=1S/C51H30N4O/c1-2-15-31(16-3-1)46-36-19-4-9-24-41(36)52-50(53-46)55-43-26-11-6-18-33(43)35-29-30-40-49(48(35)55)56-45-28-13-8-22-38(45)51(40)37-21-7-12-27-44(37)54-42-25-10-5-17-32(42)34-20-14-23-39(51)47(34)54/h1-30H. The Morgan fingerprint density at radius 3 is 1.88 bits per heavy atom. The number of para-hydroxylation sites is 6. The third-order valence-electron chi connectivity index (χ3n) is 12.2. The zero-order valence-electron chi connectivity index (χ0n) is 30.0. The van der Waals surface area contributed by atoms with Gasteiger partial charge in [0.15, 0.2) is 5.75 Å². The molecule has 5 heteroatoms. The first kappa shape index (κ1) is 29.9. The second-order valence-electron chi connectivity index (χ2n) is 14.9. The Kier molecular flexibility index (Phi) is 5.77. The largest absolute Gasteiger partial charge is 0.454 e. The van der Waals surface area contributed by atoms with Gasteiger partial charge in [0.05, 0.1) is 38.9 Å². The molecule has 1 spiro atoms. The summed E-state index contributed by atoms with van der Waals surface area (Å²) < 4.78 is 12.0. The van der Waals surface area contributed by atoms with Gasteiger partial charge in [0.2, 0.25) is 5.95 Å². The van der Waals surface area contributed by atoms with Crippen LogP contribution >= 0.6 is 0 Å². The Morgan fingerprint density at radius 1 is 0.411 bits per heavy atom. The number of fused-ring (bicyclic) bond motifs is 16. The minimum Gasteiger partial charge on any atom is -0.454 e. The maximum absolute atomic E-state index is 7.29. The summed E-state index contributed by atoms with van der Waals surface area (Å²) in [5.41, 5.74) is 12.4. The van der Waals surface area contributed by atoms with Gasteiger partial charge in [-0.05, 0) is 41.5 Å². The molecule has 1 atom stereocenters. The van der Waals surface area contributed by atoms with Crippen molar-refractivity contribution in [1.82, 2.24) is 19.1 Å². The van der Waals surface area contributed by atoms with Crippen LogP contribution in [0.4, 0.5) is 0 Å². The van der Waals surface area contributed by atoms with E-state index in [1.165, 1.54) is 38.6 Å². The highest BCUT2D eigenvalue weighted by Gasteiger charge is 2.51. The minimum atomic E-state index is -0.695. The first-order valence-electron chi connectivity index (χ1n) is 19.1. The van der Waals surface area contributed by atoms with Gasteiger partial charge >= 0.3 is 0 Å². The predicted octanol–water partition coefficient (Wildman–Crippen LogP) is 12.3. The molecular weight excluding hydrogens is 685 g/mol. The summed E-state index contributed by atoms with van der Waals surface area (Å²) in [5.74, 6) is 2.25. The number of aromatic nitrogens is 4. The summed E-state index contributed by atoms with van der Waals surface area (Å²) in [6.07, 6.45) is 0. The molecule has 0 amide bonds. The molecule has 5 heterocycles. The second-order valence-corrected chi connectivity index (χ2v) is 14.9. The molecule has 0 fully saturated rings. The molecule has 0 saturated heterocycles. The summed E-state index contributed by atoms with van der Waals surface area (Å²) in [6.45, 7) is 0.